The topological polar surface area (TPSA) is 52.2 Å². The molecule has 1 aliphatic heterocycles. The number of H-pyrrole nitrogens is 1. The molecule has 1 N–H and O–H groups in total. The van der Waals surface area contributed by atoms with E-state index in [0.29, 0.717) is 28.7 Å². The van der Waals surface area contributed by atoms with Crippen LogP contribution in [-0.4, -0.2) is 47.2 Å². The first-order chi connectivity index (χ1) is 11.0. The van der Waals surface area contributed by atoms with Crippen molar-refractivity contribution in [1.82, 2.24) is 15.1 Å². The van der Waals surface area contributed by atoms with Gasteiger partial charge in [-0.05, 0) is 32.0 Å². The summed E-state index contributed by atoms with van der Waals surface area (Å²) in [5.74, 6) is -0.0491. The highest BCUT2D eigenvalue weighted by molar-refractivity contribution is 6.36. The number of nitrogens with one attached hydrogen (secondary N) is 1. The number of nitrogens with zero attached hydrogens (tertiary/aromatic N) is 3. The Bertz CT molecular complexity index is 716. The number of hydrogen-bond acceptors (Lipinski definition) is 3. The molecule has 0 aliphatic carbocycles. The van der Waals surface area contributed by atoms with Gasteiger partial charge in [-0.1, -0.05) is 23.2 Å². The molecule has 2 aromatic rings. The molecule has 1 saturated heterocycles. The number of halogens is 2. The summed E-state index contributed by atoms with van der Waals surface area (Å²) < 4.78 is 0. The minimum atomic E-state index is -0.0491. The summed E-state index contributed by atoms with van der Waals surface area (Å²) in [6, 6.07) is 4.98. The molecule has 1 fully saturated rings. The number of amides is 1. The molecule has 1 aromatic carbocycles. The van der Waals surface area contributed by atoms with Crippen molar-refractivity contribution in [2.45, 2.75) is 13.8 Å². The normalized spacial score (nSPS) is 15.1. The predicted molar refractivity (Wildman–Crippen MR) is 92.6 cm³/mol. The summed E-state index contributed by atoms with van der Waals surface area (Å²) in [7, 11) is 0. The zero-order chi connectivity index (χ0) is 16.6. The lowest BCUT2D eigenvalue weighted by molar-refractivity contribution is 0.0747. The van der Waals surface area contributed by atoms with Crippen molar-refractivity contribution in [3.63, 3.8) is 0 Å². The van der Waals surface area contributed by atoms with Crippen LogP contribution in [0.2, 0.25) is 10.0 Å². The SMILES string of the molecule is Cc1n[nH]c(C)c1N1CCN(C(=O)c2ccc(Cl)cc2Cl)CC1. The number of benzene rings is 1. The monoisotopic (exact) mass is 352 g/mol. The summed E-state index contributed by atoms with van der Waals surface area (Å²) in [5, 5.41) is 8.17. The molecule has 23 heavy (non-hydrogen) atoms. The van der Waals surface area contributed by atoms with Crippen LogP contribution >= 0.6 is 23.2 Å². The molecule has 1 amide bonds. The molecule has 122 valence electrons. The van der Waals surface area contributed by atoms with Gasteiger partial charge in [0.25, 0.3) is 5.91 Å². The van der Waals surface area contributed by atoms with E-state index in [1.165, 1.54) is 0 Å². The van der Waals surface area contributed by atoms with E-state index in [2.05, 4.69) is 15.1 Å². The van der Waals surface area contributed by atoms with Gasteiger partial charge in [0.1, 0.15) is 0 Å². The zero-order valence-corrected chi connectivity index (χ0v) is 14.6. The Kier molecular flexibility index (Phi) is 4.50. The van der Waals surface area contributed by atoms with Crippen molar-refractivity contribution >= 4 is 34.8 Å². The molecule has 0 radical (unpaired) electrons. The average molecular weight is 353 g/mol. The van der Waals surface area contributed by atoms with Crippen molar-refractivity contribution in [1.29, 1.82) is 0 Å². The molecular weight excluding hydrogens is 335 g/mol. The molecule has 0 saturated carbocycles. The quantitative estimate of drug-likeness (QED) is 0.901. The molecule has 0 spiro atoms. The Hall–Kier alpha value is -1.72. The lowest BCUT2D eigenvalue weighted by atomic mass is 10.1. The van der Waals surface area contributed by atoms with Crippen LogP contribution in [0.25, 0.3) is 0 Å². The third-order valence-electron chi connectivity index (χ3n) is 4.13. The second kappa shape index (κ2) is 6.42. The fraction of sp³-hybridized carbons (Fsp3) is 0.375. The maximum Gasteiger partial charge on any atom is 0.255 e. The number of aromatic nitrogens is 2. The van der Waals surface area contributed by atoms with Crippen LogP contribution in [0.1, 0.15) is 21.7 Å². The first kappa shape index (κ1) is 16.1. The van der Waals surface area contributed by atoms with Gasteiger partial charge in [0.2, 0.25) is 0 Å². The van der Waals surface area contributed by atoms with E-state index in [1.54, 1.807) is 18.2 Å². The van der Waals surface area contributed by atoms with Gasteiger partial charge < -0.3 is 9.80 Å². The summed E-state index contributed by atoms with van der Waals surface area (Å²) in [4.78, 5) is 16.7. The van der Waals surface area contributed by atoms with E-state index in [4.69, 9.17) is 23.2 Å². The van der Waals surface area contributed by atoms with E-state index in [-0.39, 0.29) is 5.91 Å². The second-order valence-electron chi connectivity index (χ2n) is 5.69. The molecule has 5 nitrogen and oxygen atoms in total. The van der Waals surface area contributed by atoms with Crippen LogP contribution in [0, 0.1) is 13.8 Å². The van der Waals surface area contributed by atoms with Gasteiger partial charge in [-0.2, -0.15) is 5.10 Å². The third kappa shape index (κ3) is 3.16. The van der Waals surface area contributed by atoms with Crippen molar-refractivity contribution in [3.05, 3.63) is 45.2 Å². The van der Waals surface area contributed by atoms with Crippen molar-refractivity contribution < 1.29 is 4.79 Å². The van der Waals surface area contributed by atoms with Gasteiger partial charge in [0.05, 0.1) is 27.7 Å². The molecule has 0 unspecified atom stereocenters. The Morgan fingerprint density at radius 2 is 1.87 bits per heavy atom. The van der Waals surface area contributed by atoms with E-state index >= 15 is 0 Å². The number of carbonyl (C=O) groups is 1. The summed E-state index contributed by atoms with van der Waals surface area (Å²) in [6.07, 6.45) is 0. The molecule has 0 bridgehead atoms. The highest BCUT2D eigenvalue weighted by Gasteiger charge is 2.25. The first-order valence-corrected chi connectivity index (χ1v) is 8.24. The summed E-state index contributed by atoms with van der Waals surface area (Å²) >= 11 is 12.0. The first-order valence-electron chi connectivity index (χ1n) is 7.48. The van der Waals surface area contributed by atoms with Crippen LogP contribution in [0.4, 0.5) is 5.69 Å². The molecule has 1 aromatic heterocycles. The number of hydrogen-bond donors (Lipinski definition) is 1. The Morgan fingerprint density at radius 1 is 1.17 bits per heavy atom. The van der Waals surface area contributed by atoms with Crippen molar-refractivity contribution in [2.75, 3.05) is 31.1 Å². The Morgan fingerprint density at radius 3 is 2.43 bits per heavy atom. The summed E-state index contributed by atoms with van der Waals surface area (Å²) in [5.41, 5.74) is 3.69. The number of anilines is 1. The maximum atomic E-state index is 12.6. The Labute approximate surface area is 145 Å². The van der Waals surface area contributed by atoms with Gasteiger partial charge in [-0.25, -0.2) is 0 Å². The smallest absolute Gasteiger partial charge is 0.255 e. The van der Waals surface area contributed by atoms with Gasteiger partial charge in [0, 0.05) is 31.2 Å². The van der Waals surface area contributed by atoms with Crippen molar-refractivity contribution in [2.24, 2.45) is 0 Å². The zero-order valence-electron chi connectivity index (χ0n) is 13.1. The van der Waals surface area contributed by atoms with Crippen LogP contribution in [-0.2, 0) is 0 Å². The predicted octanol–water partition coefficient (Wildman–Crippen LogP) is 3.30. The highest BCUT2D eigenvalue weighted by Crippen LogP contribution is 2.25. The summed E-state index contributed by atoms with van der Waals surface area (Å²) in [6.45, 7) is 6.87. The van der Waals surface area contributed by atoms with E-state index < -0.39 is 0 Å². The highest BCUT2D eigenvalue weighted by atomic mass is 35.5. The minimum Gasteiger partial charge on any atom is -0.365 e. The Balaban J connectivity index is 1.70. The van der Waals surface area contributed by atoms with Gasteiger partial charge in [-0.15, -0.1) is 0 Å². The number of carbonyl (C=O) groups excluding carboxylic acids is 1. The lowest BCUT2D eigenvalue weighted by Crippen LogP contribution is -2.49. The third-order valence-corrected chi connectivity index (χ3v) is 4.68. The number of piperazine rings is 1. The average Bonchev–Trinajstić information content (AvgIpc) is 2.86. The molecule has 7 heteroatoms. The van der Waals surface area contributed by atoms with Gasteiger partial charge in [0.15, 0.2) is 0 Å². The van der Waals surface area contributed by atoms with Crippen LogP contribution < -0.4 is 4.90 Å². The number of aromatic amines is 1. The molecular formula is C16H18Cl2N4O. The molecule has 2 heterocycles. The van der Waals surface area contributed by atoms with Crippen LogP contribution in [0.15, 0.2) is 18.2 Å². The van der Waals surface area contributed by atoms with E-state index in [0.717, 1.165) is 30.2 Å². The maximum absolute atomic E-state index is 12.6. The minimum absolute atomic E-state index is 0.0491. The van der Waals surface area contributed by atoms with E-state index in [9.17, 15) is 4.79 Å². The van der Waals surface area contributed by atoms with Gasteiger partial charge in [-0.3, -0.25) is 9.89 Å². The van der Waals surface area contributed by atoms with Crippen LogP contribution in [0.5, 0.6) is 0 Å². The number of rotatable bonds is 2. The largest absolute Gasteiger partial charge is 0.365 e. The number of aryl methyl sites for hydroxylation is 2. The van der Waals surface area contributed by atoms with Crippen molar-refractivity contribution in [3.8, 4) is 0 Å². The molecule has 0 atom stereocenters. The lowest BCUT2D eigenvalue weighted by Gasteiger charge is -2.36. The molecule has 1 aliphatic rings. The fourth-order valence-corrected chi connectivity index (χ4v) is 3.47. The molecule has 3 rings (SSSR count). The van der Waals surface area contributed by atoms with E-state index in [1.807, 2.05) is 18.7 Å². The van der Waals surface area contributed by atoms with Crippen LogP contribution in [0.3, 0.4) is 0 Å². The second-order valence-corrected chi connectivity index (χ2v) is 6.53. The van der Waals surface area contributed by atoms with Gasteiger partial charge >= 0.3 is 0 Å². The standard InChI is InChI=1S/C16H18Cl2N4O/c1-10-15(11(2)20-19-10)21-5-7-22(8-6-21)16(23)13-4-3-12(17)9-14(13)18/h3-4,9H,5-8H2,1-2H3,(H,19,20). The fourth-order valence-electron chi connectivity index (χ4n) is 2.98.